The van der Waals surface area contributed by atoms with Gasteiger partial charge in [-0.15, -0.1) is 0 Å². The number of carboxylic acids is 1. The number of hydrogen-bond donors (Lipinski definition) is 2. The molecular formula is C21H25NO5. The number of carboxylic acid groups (broad SMARTS) is 1. The zero-order valence-corrected chi connectivity index (χ0v) is 15.7. The fourth-order valence-electron chi connectivity index (χ4n) is 2.63. The van der Waals surface area contributed by atoms with Crippen LogP contribution in [0.2, 0.25) is 0 Å². The lowest BCUT2D eigenvalue weighted by molar-refractivity contribution is -0.143. The Morgan fingerprint density at radius 2 is 1.78 bits per heavy atom. The Balaban J connectivity index is 2.02. The SMILES string of the molecule is COc1cccc(COC(C)C(=O)NC(c2ccccc2)C(C)C(=O)O)c1. The molecule has 0 spiro atoms. The lowest BCUT2D eigenvalue weighted by Crippen LogP contribution is -2.41. The van der Waals surface area contributed by atoms with E-state index in [1.807, 2.05) is 42.5 Å². The summed E-state index contributed by atoms with van der Waals surface area (Å²) in [5.41, 5.74) is 1.62. The van der Waals surface area contributed by atoms with Gasteiger partial charge in [-0.2, -0.15) is 0 Å². The van der Waals surface area contributed by atoms with E-state index < -0.39 is 24.0 Å². The summed E-state index contributed by atoms with van der Waals surface area (Å²) in [6.07, 6.45) is -0.733. The monoisotopic (exact) mass is 371 g/mol. The van der Waals surface area contributed by atoms with Gasteiger partial charge in [0.25, 0.3) is 0 Å². The predicted molar refractivity (Wildman–Crippen MR) is 101 cm³/mol. The van der Waals surface area contributed by atoms with Gasteiger partial charge in [0.1, 0.15) is 11.9 Å². The molecule has 0 aliphatic heterocycles. The Morgan fingerprint density at radius 3 is 2.41 bits per heavy atom. The Hall–Kier alpha value is -2.86. The summed E-state index contributed by atoms with van der Waals surface area (Å²) in [6, 6.07) is 15.8. The van der Waals surface area contributed by atoms with Crippen molar-refractivity contribution in [2.75, 3.05) is 7.11 Å². The molecule has 0 bridgehead atoms. The number of benzene rings is 2. The van der Waals surface area contributed by atoms with E-state index in [1.54, 1.807) is 33.1 Å². The zero-order chi connectivity index (χ0) is 19.8. The van der Waals surface area contributed by atoms with Crippen LogP contribution in [0.25, 0.3) is 0 Å². The van der Waals surface area contributed by atoms with Gasteiger partial charge >= 0.3 is 5.97 Å². The van der Waals surface area contributed by atoms with Crippen LogP contribution in [0.5, 0.6) is 5.75 Å². The molecule has 2 aromatic rings. The maximum atomic E-state index is 12.5. The molecule has 2 N–H and O–H groups in total. The average Bonchev–Trinajstić information content (AvgIpc) is 2.70. The van der Waals surface area contributed by atoms with Gasteiger partial charge in [0.15, 0.2) is 0 Å². The van der Waals surface area contributed by atoms with E-state index in [0.29, 0.717) is 5.75 Å². The van der Waals surface area contributed by atoms with Crippen molar-refractivity contribution in [3.63, 3.8) is 0 Å². The number of carbonyl (C=O) groups is 2. The van der Waals surface area contributed by atoms with Gasteiger partial charge in [-0.25, -0.2) is 0 Å². The fraction of sp³-hybridized carbons (Fsp3) is 0.333. The van der Waals surface area contributed by atoms with Crippen molar-refractivity contribution in [1.82, 2.24) is 5.32 Å². The van der Waals surface area contributed by atoms with Gasteiger partial charge < -0.3 is 19.9 Å². The molecule has 0 aliphatic carbocycles. The third-order valence-corrected chi connectivity index (χ3v) is 4.35. The summed E-state index contributed by atoms with van der Waals surface area (Å²) in [6.45, 7) is 3.46. The summed E-state index contributed by atoms with van der Waals surface area (Å²) in [5.74, 6) is -1.40. The van der Waals surface area contributed by atoms with Crippen LogP contribution in [0, 0.1) is 5.92 Å². The highest BCUT2D eigenvalue weighted by atomic mass is 16.5. The molecule has 3 unspecified atom stereocenters. The van der Waals surface area contributed by atoms with Gasteiger partial charge in [0, 0.05) is 0 Å². The van der Waals surface area contributed by atoms with Crippen LogP contribution >= 0.6 is 0 Å². The molecule has 27 heavy (non-hydrogen) atoms. The van der Waals surface area contributed by atoms with Crippen LogP contribution in [0.1, 0.15) is 31.0 Å². The summed E-state index contributed by atoms with van der Waals surface area (Å²) in [7, 11) is 1.59. The third-order valence-electron chi connectivity index (χ3n) is 4.35. The Morgan fingerprint density at radius 1 is 1.07 bits per heavy atom. The smallest absolute Gasteiger partial charge is 0.308 e. The topological polar surface area (TPSA) is 84.9 Å². The Labute approximate surface area is 159 Å². The molecule has 2 rings (SSSR count). The van der Waals surface area contributed by atoms with Crippen molar-refractivity contribution in [3.05, 3.63) is 65.7 Å². The minimum Gasteiger partial charge on any atom is -0.497 e. The van der Waals surface area contributed by atoms with Crippen LogP contribution in [0.3, 0.4) is 0 Å². The van der Waals surface area contributed by atoms with Crippen molar-refractivity contribution in [2.45, 2.75) is 32.6 Å². The van der Waals surface area contributed by atoms with Gasteiger partial charge in [0.2, 0.25) is 5.91 Å². The number of rotatable bonds is 9. The molecule has 0 heterocycles. The second-order valence-corrected chi connectivity index (χ2v) is 6.33. The van der Waals surface area contributed by atoms with Gasteiger partial charge in [-0.1, -0.05) is 42.5 Å². The highest BCUT2D eigenvalue weighted by Crippen LogP contribution is 2.22. The standard InChI is InChI=1S/C21H25NO5/c1-14(21(24)25)19(17-9-5-4-6-10-17)22-20(23)15(2)27-13-16-8-7-11-18(12-16)26-3/h4-12,14-15,19H,13H2,1-3H3,(H,22,23)(H,24,25). The summed E-state index contributed by atoms with van der Waals surface area (Å²) in [4.78, 5) is 24.0. The molecule has 3 atom stereocenters. The molecule has 0 saturated carbocycles. The number of amides is 1. The van der Waals surface area contributed by atoms with E-state index in [0.717, 1.165) is 11.1 Å². The number of ether oxygens (including phenoxy) is 2. The number of aliphatic carboxylic acids is 1. The number of methoxy groups -OCH3 is 1. The second-order valence-electron chi connectivity index (χ2n) is 6.33. The Bertz CT molecular complexity index is 762. The lowest BCUT2D eigenvalue weighted by atomic mass is 9.94. The number of hydrogen-bond acceptors (Lipinski definition) is 4. The summed E-state index contributed by atoms with van der Waals surface area (Å²) >= 11 is 0. The van der Waals surface area contributed by atoms with E-state index in [4.69, 9.17) is 9.47 Å². The van der Waals surface area contributed by atoms with Gasteiger partial charge in [-0.05, 0) is 37.1 Å². The minimum atomic E-state index is -0.978. The Kier molecular flexibility index (Phi) is 7.37. The van der Waals surface area contributed by atoms with Crippen molar-refractivity contribution in [2.24, 2.45) is 5.92 Å². The molecule has 0 fully saturated rings. The first-order valence-corrected chi connectivity index (χ1v) is 8.75. The number of carbonyl (C=O) groups excluding carboxylic acids is 1. The first kappa shape index (κ1) is 20.5. The van der Waals surface area contributed by atoms with Crippen LogP contribution in [-0.4, -0.2) is 30.2 Å². The maximum absolute atomic E-state index is 12.5. The van der Waals surface area contributed by atoms with E-state index >= 15 is 0 Å². The van der Waals surface area contributed by atoms with Crippen molar-refractivity contribution >= 4 is 11.9 Å². The van der Waals surface area contributed by atoms with Crippen LogP contribution in [-0.2, 0) is 20.9 Å². The molecule has 1 amide bonds. The molecule has 2 aromatic carbocycles. The van der Waals surface area contributed by atoms with E-state index in [2.05, 4.69) is 5.32 Å². The molecule has 0 saturated heterocycles. The van der Waals surface area contributed by atoms with Crippen LogP contribution in [0.15, 0.2) is 54.6 Å². The third kappa shape index (κ3) is 5.82. The summed E-state index contributed by atoms with van der Waals surface area (Å²) in [5, 5.41) is 12.2. The first-order chi connectivity index (χ1) is 12.9. The molecule has 6 nitrogen and oxygen atoms in total. The van der Waals surface area contributed by atoms with Crippen molar-refractivity contribution in [3.8, 4) is 5.75 Å². The van der Waals surface area contributed by atoms with Gasteiger partial charge in [0.05, 0.1) is 25.7 Å². The predicted octanol–water partition coefficient (Wildman–Crippen LogP) is 3.18. The quantitative estimate of drug-likeness (QED) is 0.707. The molecular weight excluding hydrogens is 346 g/mol. The largest absolute Gasteiger partial charge is 0.497 e. The minimum absolute atomic E-state index is 0.246. The highest BCUT2D eigenvalue weighted by molar-refractivity contribution is 5.82. The molecule has 144 valence electrons. The number of nitrogens with one attached hydrogen (secondary N) is 1. The fourth-order valence-corrected chi connectivity index (χ4v) is 2.63. The van der Waals surface area contributed by atoms with E-state index in [-0.39, 0.29) is 12.5 Å². The molecule has 0 aromatic heterocycles. The maximum Gasteiger partial charge on any atom is 0.308 e. The highest BCUT2D eigenvalue weighted by Gasteiger charge is 2.28. The normalized spacial score (nSPS) is 14.0. The summed E-state index contributed by atoms with van der Waals surface area (Å²) < 4.78 is 10.8. The van der Waals surface area contributed by atoms with Crippen LogP contribution < -0.4 is 10.1 Å². The molecule has 0 aliphatic rings. The second kappa shape index (κ2) is 9.73. The van der Waals surface area contributed by atoms with Crippen molar-refractivity contribution in [1.29, 1.82) is 0 Å². The van der Waals surface area contributed by atoms with E-state index in [1.165, 1.54) is 0 Å². The lowest BCUT2D eigenvalue weighted by Gasteiger charge is -2.24. The van der Waals surface area contributed by atoms with E-state index in [9.17, 15) is 14.7 Å². The van der Waals surface area contributed by atoms with Gasteiger partial charge in [-0.3, -0.25) is 9.59 Å². The van der Waals surface area contributed by atoms with Crippen LogP contribution in [0.4, 0.5) is 0 Å². The zero-order valence-electron chi connectivity index (χ0n) is 15.7. The first-order valence-electron chi connectivity index (χ1n) is 8.75. The average molecular weight is 371 g/mol. The van der Waals surface area contributed by atoms with Crippen molar-refractivity contribution < 1.29 is 24.2 Å². The molecule has 0 radical (unpaired) electrons. The molecule has 6 heteroatoms.